The highest BCUT2D eigenvalue weighted by atomic mass is 32.1. The lowest BCUT2D eigenvalue weighted by Gasteiger charge is -2.33. The van der Waals surface area contributed by atoms with Crippen LogP contribution in [0.25, 0.3) is 10.6 Å². The Bertz CT molecular complexity index is 1070. The van der Waals surface area contributed by atoms with Crippen LogP contribution in [0, 0.1) is 6.92 Å². The molecule has 32 heavy (non-hydrogen) atoms. The summed E-state index contributed by atoms with van der Waals surface area (Å²) in [6.45, 7) is 3.43. The zero-order valence-electron chi connectivity index (χ0n) is 18.6. The van der Waals surface area contributed by atoms with Crippen LogP contribution in [0.5, 0.6) is 17.2 Å². The normalized spacial score (nSPS) is 16.0. The van der Waals surface area contributed by atoms with E-state index in [2.05, 4.69) is 4.98 Å². The Morgan fingerprint density at radius 2 is 1.78 bits per heavy atom. The fraction of sp³-hybridized carbons (Fsp3) is 0.333. The summed E-state index contributed by atoms with van der Waals surface area (Å²) in [7, 11) is 4.71. The number of nitrogens with zero attached hydrogens (tertiary/aromatic N) is 2. The van der Waals surface area contributed by atoms with Gasteiger partial charge in [-0.1, -0.05) is 30.3 Å². The van der Waals surface area contributed by atoms with Crippen LogP contribution in [-0.4, -0.2) is 56.8 Å². The average molecular weight is 455 g/mol. The smallest absolute Gasteiger partial charge is 0.266 e. The lowest BCUT2D eigenvalue weighted by atomic mass is 10.1. The molecule has 7 nitrogen and oxygen atoms in total. The zero-order valence-corrected chi connectivity index (χ0v) is 19.4. The second-order valence-electron chi connectivity index (χ2n) is 7.37. The van der Waals surface area contributed by atoms with Crippen LogP contribution in [0.2, 0.25) is 0 Å². The highest BCUT2D eigenvalue weighted by molar-refractivity contribution is 7.17. The maximum Gasteiger partial charge on any atom is 0.266 e. The van der Waals surface area contributed by atoms with E-state index < -0.39 is 0 Å². The molecule has 0 unspecified atom stereocenters. The van der Waals surface area contributed by atoms with Gasteiger partial charge in [0, 0.05) is 12.1 Å². The van der Waals surface area contributed by atoms with Crippen LogP contribution in [0.1, 0.15) is 27.0 Å². The number of rotatable bonds is 6. The Kier molecular flexibility index (Phi) is 6.62. The maximum atomic E-state index is 13.4. The first kappa shape index (κ1) is 22.1. The van der Waals surface area contributed by atoms with Gasteiger partial charge >= 0.3 is 0 Å². The number of aryl methyl sites for hydroxylation is 1. The number of aromatic nitrogens is 1. The standard InChI is InChI=1S/C24H26N2O5S/c1-15-22(24(27)26-10-11-31-20(14-26)16-8-6-5-7-9-16)32-23(25-15)17-12-18(28-2)21(30-4)19(13-17)29-3/h5-9,12-13,20H,10-11,14H2,1-4H3/t20-/m1/s1. The van der Waals surface area contributed by atoms with E-state index in [4.69, 9.17) is 18.9 Å². The number of carbonyl (C=O) groups excluding carboxylic acids is 1. The summed E-state index contributed by atoms with van der Waals surface area (Å²) in [6, 6.07) is 13.7. The number of hydrogen-bond donors (Lipinski definition) is 0. The van der Waals surface area contributed by atoms with Crippen molar-refractivity contribution in [3.05, 3.63) is 58.6 Å². The van der Waals surface area contributed by atoms with Crippen molar-refractivity contribution in [1.29, 1.82) is 0 Å². The second kappa shape index (κ2) is 9.58. The molecule has 3 aromatic rings. The van der Waals surface area contributed by atoms with Crippen LogP contribution in [0.15, 0.2) is 42.5 Å². The van der Waals surface area contributed by atoms with E-state index in [1.807, 2.05) is 54.3 Å². The molecular formula is C24H26N2O5S. The van der Waals surface area contributed by atoms with Crippen LogP contribution in [0.4, 0.5) is 0 Å². The summed E-state index contributed by atoms with van der Waals surface area (Å²) in [5, 5.41) is 0.720. The molecule has 0 radical (unpaired) electrons. The number of thiazole rings is 1. The molecule has 2 aromatic carbocycles. The lowest BCUT2D eigenvalue weighted by Crippen LogP contribution is -2.42. The highest BCUT2D eigenvalue weighted by Gasteiger charge is 2.29. The molecule has 0 aliphatic carbocycles. The molecule has 2 heterocycles. The van der Waals surface area contributed by atoms with Gasteiger partial charge in [-0.25, -0.2) is 4.98 Å². The molecule has 8 heteroatoms. The molecule has 1 fully saturated rings. The SMILES string of the molecule is COc1cc(-c2nc(C)c(C(=O)N3CCO[C@@H](c4ccccc4)C3)s2)cc(OC)c1OC. The van der Waals surface area contributed by atoms with E-state index in [-0.39, 0.29) is 12.0 Å². The first-order chi connectivity index (χ1) is 15.5. The fourth-order valence-electron chi connectivity index (χ4n) is 3.77. The van der Waals surface area contributed by atoms with Gasteiger partial charge in [-0.05, 0) is 24.6 Å². The third-order valence-electron chi connectivity index (χ3n) is 5.43. The quantitative estimate of drug-likeness (QED) is 0.551. The van der Waals surface area contributed by atoms with Gasteiger partial charge in [-0.15, -0.1) is 11.3 Å². The Labute approximate surface area is 191 Å². The largest absolute Gasteiger partial charge is 0.493 e. The topological polar surface area (TPSA) is 70.1 Å². The Morgan fingerprint density at radius 1 is 1.09 bits per heavy atom. The van der Waals surface area contributed by atoms with Gasteiger partial charge in [0.2, 0.25) is 5.75 Å². The average Bonchev–Trinajstić information content (AvgIpc) is 3.24. The predicted octanol–water partition coefficient (Wildman–Crippen LogP) is 4.36. The number of morpholine rings is 1. The van der Waals surface area contributed by atoms with Crippen molar-refractivity contribution in [3.63, 3.8) is 0 Å². The van der Waals surface area contributed by atoms with Crippen molar-refractivity contribution in [3.8, 4) is 27.8 Å². The first-order valence-corrected chi connectivity index (χ1v) is 11.1. The monoisotopic (exact) mass is 454 g/mol. The highest BCUT2D eigenvalue weighted by Crippen LogP contribution is 2.42. The molecule has 4 rings (SSSR count). The lowest BCUT2D eigenvalue weighted by molar-refractivity contribution is -0.0226. The van der Waals surface area contributed by atoms with E-state index in [0.29, 0.717) is 47.5 Å². The number of amides is 1. The van der Waals surface area contributed by atoms with Crippen molar-refractivity contribution in [2.24, 2.45) is 0 Å². The molecule has 168 valence electrons. The van der Waals surface area contributed by atoms with E-state index in [1.165, 1.54) is 11.3 Å². The van der Waals surface area contributed by atoms with E-state index in [9.17, 15) is 4.79 Å². The second-order valence-corrected chi connectivity index (χ2v) is 8.37. The van der Waals surface area contributed by atoms with Crippen LogP contribution < -0.4 is 14.2 Å². The van der Waals surface area contributed by atoms with Gasteiger partial charge in [0.15, 0.2) is 11.5 Å². The van der Waals surface area contributed by atoms with Gasteiger partial charge in [0.25, 0.3) is 5.91 Å². The summed E-state index contributed by atoms with van der Waals surface area (Å²) in [5.41, 5.74) is 2.58. The third-order valence-corrected chi connectivity index (χ3v) is 6.62. The van der Waals surface area contributed by atoms with E-state index in [1.54, 1.807) is 21.3 Å². The van der Waals surface area contributed by atoms with Gasteiger partial charge < -0.3 is 23.8 Å². The molecule has 1 aliphatic rings. The first-order valence-electron chi connectivity index (χ1n) is 10.3. The van der Waals surface area contributed by atoms with E-state index in [0.717, 1.165) is 16.1 Å². The molecule has 1 atom stereocenters. The zero-order chi connectivity index (χ0) is 22.7. The molecule has 1 aliphatic heterocycles. The summed E-state index contributed by atoms with van der Waals surface area (Å²) in [4.78, 5) is 20.5. The van der Waals surface area contributed by atoms with Crippen molar-refractivity contribution in [2.45, 2.75) is 13.0 Å². The van der Waals surface area contributed by atoms with Crippen molar-refractivity contribution in [1.82, 2.24) is 9.88 Å². The number of hydrogen-bond acceptors (Lipinski definition) is 7. The minimum atomic E-state index is -0.128. The van der Waals surface area contributed by atoms with Crippen LogP contribution >= 0.6 is 11.3 Å². The van der Waals surface area contributed by atoms with Crippen LogP contribution in [0.3, 0.4) is 0 Å². The summed E-state index contributed by atoms with van der Waals surface area (Å²) < 4.78 is 22.2. The Hall–Kier alpha value is -3.10. The Balaban J connectivity index is 1.60. The molecule has 0 spiro atoms. The fourth-order valence-corrected chi connectivity index (χ4v) is 4.79. The number of benzene rings is 2. The van der Waals surface area contributed by atoms with Crippen LogP contribution in [-0.2, 0) is 4.74 Å². The van der Waals surface area contributed by atoms with Gasteiger partial charge in [0.1, 0.15) is 16.0 Å². The van der Waals surface area contributed by atoms with E-state index >= 15 is 0 Å². The summed E-state index contributed by atoms with van der Waals surface area (Å²) >= 11 is 1.37. The third kappa shape index (κ3) is 4.28. The van der Waals surface area contributed by atoms with Gasteiger partial charge in [-0.3, -0.25) is 4.79 Å². The minimum Gasteiger partial charge on any atom is -0.493 e. The van der Waals surface area contributed by atoms with Crippen molar-refractivity contribution in [2.75, 3.05) is 41.0 Å². The van der Waals surface area contributed by atoms with Crippen molar-refractivity contribution < 1.29 is 23.7 Å². The molecular weight excluding hydrogens is 428 g/mol. The number of ether oxygens (including phenoxy) is 4. The molecule has 0 saturated carbocycles. The van der Waals surface area contributed by atoms with Gasteiger partial charge in [-0.2, -0.15) is 0 Å². The number of carbonyl (C=O) groups is 1. The summed E-state index contributed by atoms with van der Waals surface area (Å²) in [5.74, 6) is 1.58. The number of methoxy groups -OCH3 is 3. The molecule has 0 bridgehead atoms. The Morgan fingerprint density at radius 3 is 2.41 bits per heavy atom. The molecule has 1 saturated heterocycles. The molecule has 0 N–H and O–H groups in total. The molecule has 1 aromatic heterocycles. The molecule has 1 amide bonds. The maximum absolute atomic E-state index is 13.4. The predicted molar refractivity (Wildman–Crippen MR) is 123 cm³/mol. The summed E-state index contributed by atoms with van der Waals surface area (Å²) in [6.07, 6.45) is -0.128. The van der Waals surface area contributed by atoms with Crippen molar-refractivity contribution >= 4 is 17.2 Å². The van der Waals surface area contributed by atoms with Gasteiger partial charge in [0.05, 0.1) is 40.2 Å². The minimum absolute atomic E-state index is 0.0251.